The number of carboxylic acids is 1. The fourth-order valence-electron chi connectivity index (χ4n) is 2.15. The zero-order valence-corrected chi connectivity index (χ0v) is 13.2. The topological polar surface area (TPSA) is 70.1 Å². The molecule has 0 saturated carbocycles. The number of carboxylic acid groups (broad SMARTS) is 1. The summed E-state index contributed by atoms with van der Waals surface area (Å²) in [6, 6.07) is -0.333. The van der Waals surface area contributed by atoms with Crippen molar-refractivity contribution < 1.29 is 19.4 Å². The molecule has 6 nitrogen and oxygen atoms in total. The van der Waals surface area contributed by atoms with E-state index in [9.17, 15) is 9.59 Å². The smallest absolute Gasteiger partial charge is 0.320 e. The number of thioether (sulfide) groups is 1. The van der Waals surface area contributed by atoms with Crippen molar-refractivity contribution in [2.24, 2.45) is 0 Å². The Morgan fingerprint density at radius 3 is 2.85 bits per heavy atom. The van der Waals surface area contributed by atoms with Crippen LogP contribution in [0.3, 0.4) is 0 Å². The molecule has 0 aromatic rings. The third-order valence-corrected chi connectivity index (χ3v) is 4.23. The largest absolute Gasteiger partial charge is 0.481 e. The van der Waals surface area contributed by atoms with Gasteiger partial charge in [-0.25, -0.2) is 4.79 Å². The van der Waals surface area contributed by atoms with Gasteiger partial charge in [0.05, 0.1) is 25.7 Å². The maximum Gasteiger partial charge on any atom is 0.320 e. The van der Waals surface area contributed by atoms with Crippen molar-refractivity contribution in [3.8, 4) is 0 Å². The van der Waals surface area contributed by atoms with Gasteiger partial charge in [-0.05, 0) is 25.4 Å². The number of hydrogen-bond donors (Lipinski definition) is 1. The minimum atomic E-state index is -0.906. The van der Waals surface area contributed by atoms with Gasteiger partial charge in [0.2, 0.25) is 0 Å². The molecule has 0 bridgehead atoms. The second-order valence-corrected chi connectivity index (χ2v) is 6.03. The molecule has 1 saturated heterocycles. The first-order valence-corrected chi connectivity index (χ1v) is 8.18. The molecule has 0 aliphatic carbocycles. The van der Waals surface area contributed by atoms with Crippen LogP contribution in [0.5, 0.6) is 0 Å². The van der Waals surface area contributed by atoms with Crippen LogP contribution >= 0.6 is 11.8 Å². The molecule has 0 radical (unpaired) electrons. The Balaban J connectivity index is 2.63. The molecule has 0 spiro atoms. The summed E-state index contributed by atoms with van der Waals surface area (Å²) in [4.78, 5) is 26.7. The summed E-state index contributed by atoms with van der Waals surface area (Å²) < 4.78 is 5.29. The Morgan fingerprint density at radius 1 is 1.55 bits per heavy atom. The number of urea groups is 1. The molecule has 2 atom stereocenters. The monoisotopic (exact) mass is 304 g/mol. The SMILES string of the molecule is CSCCC(C)N(C)C(=O)N1CCOCC1CC(=O)O. The van der Waals surface area contributed by atoms with Crippen LogP contribution in [0.2, 0.25) is 0 Å². The van der Waals surface area contributed by atoms with E-state index < -0.39 is 5.97 Å². The maximum absolute atomic E-state index is 12.5. The highest BCUT2D eigenvalue weighted by Gasteiger charge is 2.32. The Morgan fingerprint density at radius 2 is 2.25 bits per heavy atom. The number of morpholine rings is 1. The predicted octanol–water partition coefficient (Wildman–Crippen LogP) is 1.36. The maximum atomic E-state index is 12.5. The lowest BCUT2D eigenvalue weighted by Crippen LogP contribution is -2.55. The summed E-state index contributed by atoms with van der Waals surface area (Å²) in [6.45, 7) is 3.23. The zero-order chi connectivity index (χ0) is 15.1. The number of rotatable bonds is 6. The van der Waals surface area contributed by atoms with Gasteiger partial charge in [-0.3, -0.25) is 4.79 Å². The molecule has 1 heterocycles. The van der Waals surface area contributed by atoms with E-state index in [4.69, 9.17) is 9.84 Å². The van der Waals surface area contributed by atoms with Crippen LogP contribution in [0, 0.1) is 0 Å². The number of amides is 2. The average molecular weight is 304 g/mol. The Hall–Kier alpha value is -0.950. The van der Waals surface area contributed by atoms with Crippen molar-refractivity contribution in [3.63, 3.8) is 0 Å². The van der Waals surface area contributed by atoms with Gasteiger partial charge in [0.15, 0.2) is 0 Å². The van der Waals surface area contributed by atoms with Crippen LogP contribution in [-0.4, -0.2) is 77.8 Å². The second-order valence-electron chi connectivity index (χ2n) is 5.04. The van der Waals surface area contributed by atoms with Crippen LogP contribution in [-0.2, 0) is 9.53 Å². The molecular weight excluding hydrogens is 280 g/mol. The van der Waals surface area contributed by atoms with E-state index >= 15 is 0 Å². The van der Waals surface area contributed by atoms with E-state index in [0.717, 1.165) is 12.2 Å². The summed E-state index contributed by atoms with van der Waals surface area (Å²) in [5, 5.41) is 8.92. The quantitative estimate of drug-likeness (QED) is 0.802. The van der Waals surface area contributed by atoms with Crippen molar-refractivity contribution in [2.45, 2.75) is 31.8 Å². The molecular formula is C13H24N2O4S. The van der Waals surface area contributed by atoms with Gasteiger partial charge in [-0.15, -0.1) is 0 Å². The van der Waals surface area contributed by atoms with Crippen LogP contribution in [0.15, 0.2) is 0 Å². The van der Waals surface area contributed by atoms with Gasteiger partial charge >= 0.3 is 12.0 Å². The number of aliphatic carboxylic acids is 1. The van der Waals surface area contributed by atoms with Crippen LogP contribution in [0.25, 0.3) is 0 Å². The fourth-order valence-corrected chi connectivity index (χ4v) is 2.73. The molecule has 1 fully saturated rings. The number of carbonyl (C=O) groups is 2. The summed E-state index contributed by atoms with van der Waals surface area (Å²) in [5.74, 6) is 0.0943. The Bertz CT molecular complexity index is 340. The fraction of sp³-hybridized carbons (Fsp3) is 0.846. The van der Waals surface area contributed by atoms with Crippen molar-refractivity contribution in [1.29, 1.82) is 0 Å². The third kappa shape index (κ3) is 4.86. The van der Waals surface area contributed by atoms with E-state index in [0.29, 0.717) is 19.8 Å². The highest BCUT2D eigenvalue weighted by molar-refractivity contribution is 7.98. The lowest BCUT2D eigenvalue weighted by molar-refractivity contribution is -0.139. The first-order chi connectivity index (χ1) is 9.47. The molecule has 2 amide bonds. The molecule has 1 aliphatic rings. The number of hydrogen-bond acceptors (Lipinski definition) is 4. The van der Waals surface area contributed by atoms with E-state index in [-0.39, 0.29) is 24.5 Å². The van der Waals surface area contributed by atoms with E-state index in [1.807, 2.05) is 13.2 Å². The van der Waals surface area contributed by atoms with Gasteiger partial charge in [0.1, 0.15) is 0 Å². The Kier molecular flexibility index (Phi) is 7.15. The minimum Gasteiger partial charge on any atom is -0.481 e. The van der Waals surface area contributed by atoms with E-state index in [1.165, 1.54) is 0 Å². The van der Waals surface area contributed by atoms with Crippen LogP contribution in [0.4, 0.5) is 4.79 Å². The normalized spacial score (nSPS) is 20.6. The van der Waals surface area contributed by atoms with Crippen molar-refractivity contribution in [1.82, 2.24) is 9.80 Å². The predicted molar refractivity (Wildman–Crippen MR) is 79.2 cm³/mol. The van der Waals surface area contributed by atoms with Crippen LogP contribution < -0.4 is 0 Å². The molecule has 1 N–H and O–H groups in total. The van der Waals surface area contributed by atoms with Gasteiger partial charge in [0.25, 0.3) is 0 Å². The third-order valence-electron chi connectivity index (χ3n) is 3.59. The van der Waals surface area contributed by atoms with Gasteiger partial charge in [0, 0.05) is 19.6 Å². The van der Waals surface area contributed by atoms with Crippen molar-refractivity contribution >= 4 is 23.8 Å². The molecule has 0 aromatic carbocycles. The number of ether oxygens (including phenoxy) is 1. The summed E-state index contributed by atoms with van der Waals surface area (Å²) in [7, 11) is 1.78. The van der Waals surface area contributed by atoms with Crippen molar-refractivity contribution in [2.75, 3.05) is 38.8 Å². The molecule has 2 unspecified atom stereocenters. The molecule has 116 valence electrons. The van der Waals surface area contributed by atoms with Crippen LogP contribution in [0.1, 0.15) is 19.8 Å². The molecule has 20 heavy (non-hydrogen) atoms. The van der Waals surface area contributed by atoms with Gasteiger partial charge in [-0.2, -0.15) is 11.8 Å². The summed E-state index contributed by atoms with van der Waals surface area (Å²) in [5.41, 5.74) is 0. The van der Waals surface area contributed by atoms with Gasteiger partial charge < -0.3 is 19.6 Å². The first kappa shape index (κ1) is 17.1. The first-order valence-electron chi connectivity index (χ1n) is 6.79. The average Bonchev–Trinajstić information content (AvgIpc) is 2.43. The molecule has 1 aliphatic heterocycles. The lowest BCUT2D eigenvalue weighted by Gasteiger charge is -2.39. The lowest BCUT2D eigenvalue weighted by atomic mass is 10.1. The van der Waals surface area contributed by atoms with E-state index in [1.54, 1.807) is 28.6 Å². The standard InChI is InChI=1S/C13H24N2O4S/c1-10(4-7-20-3)14(2)13(18)15-5-6-19-9-11(15)8-12(16)17/h10-11H,4-9H2,1-3H3,(H,16,17). The molecule has 7 heteroatoms. The Labute approximate surface area is 124 Å². The van der Waals surface area contributed by atoms with E-state index in [2.05, 4.69) is 0 Å². The summed E-state index contributed by atoms with van der Waals surface area (Å²) >= 11 is 1.75. The summed E-state index contributed by atoms with van der Waals surface area (Å²) in [6.07, 6.45) is 2.90. The van der Waals surface area contributed by atoms with Crippen molar-refractivity contribution in [3.05, 3.63) is 0 Å². The van der Waals surface area contributed by atoms with Gasteiger partial charge in [-0.1, -0.05) is 0 Å². The highest BCUT2D eigenvalue weighted by atomic mass is 32.2. The number of nitrogens with zero attached hydrogens (tertiary/aromatic N) is 2. The highest BCUT2D eigenvalue weighted by Crippen LogP contribution is 2.15. The minimum absolute atomic E-state index is 0.0707. The zero-order valence-electron chi connectivity index (χ0n) is 12.4. The second kappa shape index (κ2) is 8.36. The molecule has 0 aromatic heterocycles. The number of carbonyl (C=O) groups excluding carboxylic acids is 1. The molecule has 1 rings (SSSR count).